The highest BCUT2D eigenvalue weighted by Crippen LogP contribution is 2.19. The van der Waals surface area contributed by atoms with Gasteiger partial charge in [-0.2, -0.15) is 5.26 Å². The zero-order chi connectivity index (χ0) is 21.1. The van der Waals surface area contributed by atoms with E-state index in [-0.39, 0.29) is 12.8 Å². The molecule has 2 aromatic carbocycles. The zero-order valence-electron chi connectivity index (χ0n) is 16.5. The number of carboxylic acids is 1. The summed E-state index contributed by atoms with van der Waals surface area (Å²) in [6.45, 7) is 4.95. The van der Waals surface area contributed by atoms with Crippen molar-refractivity contribution in [2.45, 2.75) is 32.8 Å². The van der Waals surface area contributed by atoms with Gasteiger partial charge in [0.2, 0.25) is 6.10 Å². The van der Waals surface area contributed by atoms with Gasteiger partial charge in [-0.05, 0) is 62.4 Å². The summed E-state index contributed by atoms with van der Waals surface area (Å²) in [5, 5.41) is 22.2. The lowest BCUT2D eigenvalue weighted by Crippen LogP contribution is -2.12. The molecule has 0 saturated carbocycles. The van der Waals surface area contributed by atoms with Crippen molar-refractivity contribution < 1.29 is 24.2 Å². The van der Waals surface area contributed by atoms with E-state index in [0.29, 0.717) is 18.9 Å². The fraction of sp³-hybridized carbons (Fsp3) is 0.318. The molecule has 0 spiro atoms. The summed E-state index contributed by atoms with van der Waals surface area (Å²) >= 11 is 0. The molecule has 0 aliphatic heterocycles. The highest BCUT2D eigenvalue weighted by Gasteiger charge is 2.14. The maximum atomic E-state index is 10.7. The van der Waals surface area contributed by atoms with Gasteiger partial charge in [-0.15, -0.1) is 0 Å². The maximum absolute atomic E-state index is 10.7. The minimum atomic E-state index is -0.990. The van der Waals surface area contributed by atoms with Gasteiger partial charge in [0, 0.05) is 17.5 Å². The van der Waals surface area contributed by atoms with Gasteiger partial charge in [0.25, 0.3) is 0 Å². The SMILES string of the molecule is CCOc1ccc(C(=NOC(C#N)CCC(=O)O)c2ccc(OCC)cc2)cc1. The van der Waals surface area contributed by atoms with E-state index in [9.17, 15) is 10.1 Å². The molecule has 7 nitrogen and oxygen atoms in total. The van der Waals surface area contributed by atoms with Crippen LogP contribution in [0.3, 0.4) is 0 Å². The maximum Gasteiger partial charge on any atom is 0.303 e. The monoisotopic (exact) mass is 396 g/mol. The molecular weight excluding hydrogens is 372 g/mol. The number of ether oxygens (including phenoxy) is 2. The van der Waals surface area contributed by atoms with Crippen molar-refractivity contribution in [3.05, 3.63) is 59.7 Å². The highest BCUT2D eigenvalue weighted by atomic mass is 16.6. The summed E-state index contributed by atoms with van der Waals surface area (Å²) in [5.74, 6) is 0.482. The van der Waals surface area contributed by atoms with Crippen LogP contribution in [0.25, 0.3) is 0 Å². The lowest BCUT2D eigenvalue weighted by molar-refractivity contribution is -0.137. The molecule has 1 N–H and O–H groups in total. The topological polar surface area (TPSA) is 101 Å². The Labute approximate surface area is 170 Å². The number of carbonyl (C=O) groups is 1. The molecule has 0 saturated heterocycles. The van der Waals surface area contributed by atoms with E-state index in [1.54, 1.807) is 0 Å². The van der Waals surface area contributed by atoms with Gasteiger partial charge in [-0.1, -0.05) is 5.16 Å². The Kier molecular flexibility index (Phi) is 8.51. The van der Waals surface area contributed by atoms with E-state index in [2.05, 4.69) is 5.16 Å². The van der Waals surface area contributed by atoms with Crippen LogP contribution in [0, 0.1) is 11.3 Å². The summed E-state index contributed by atoms with van der Waals surface area (Å²) in [4.78, 5) is 16.1. The molecule has 0 aliphatic rings. The lowest BCUT2D eigenvalue weighted by atomic mass is 10.0. The quantitative estimate of drug-likeness (QED) is 0.455. The van der Waals surface area contributed by atoms with Gasteiger partial charge in [-0.3, -0.25) is 4.79 Å². The molecule has 0 fully saturated rings. The van der Waals surface area contributed by atoms with E-state index in [4.69, 9.17) is 19.4 Å². The second-order valence-corrected chi connectivity index (χ2v) is 6.01. The number of rotatable bonds is 11. The van der Waals surface area contributed by atoms with Crippen molar-refractivity contribution in [1.29, 1.82) is 5.26 Å². The Morgan fingerprint density at radius 2 is 1.48 bits per heavy atom. The number of hydrogen-bond acceptors (Lipinski definition) is 6. The largest absolute Gasteiger partial charge is 0.494 e. The van der Waals surface area contributed by atoms with Crippen LogP contribution in [0.2, 0.25) is 0 Å². The number of carboxylic acid groups (broad SMARTS) is 1. The molecule has 0 amide bonds. The molecule has 7 heteroatoms. The third-order valence-corrected chi connectivity index (χ3v) is 3.91. The molecule has 2 aromatic rings. The number of nitriles is 1. The van der Waals surface area contributed by atoms with E-state index >= 15 is 0 Å². The summed E-state index contributed by atoms with van der Waals surface area (Å²) in [5.41, 5.74) is 2.06. The number of benzene rings is 2. The normalized spacial score (nSPS) is 11.1. The number of aliphatic carboxylic acids is 1. The Morgan fingerprint density at radius 3 is 1.86 bits per heavy atom. The number of oxime groups is 1. The lowest BCUT2D eigenvalue weighted by Gasteiger charge is -2.12. The van der Waals surface area contributed by atoms with Crippen LogP contribution in [0.4, 0.5) is 0 Å². The first-order valence-electron chi connectivity index (χ1n) is 9.39. The Bertz CT molecular complexity index is 803. The van der Waals surface area contributed by atoms with Gasteiger partial charge in [0.1, 0.15) is 23.3 Å². The van der Waals surface area contributed by atoms with E-state index in [1.807, 2.05) is 68.4 Å². The van der Waals surface area contributed by atoms with Crippen LogP contribution in [0.1, 0.15) is 37.8 Å². The molecule has 0 radical (unpaired) electrons. The predicted molar refractivity (Wildman–Crippen MR) is 108 cm³/mol. The first-order valence-corrected chi connectivity index (χ1v) is 9.39. The van der Waals surface area contributed by atoms with Gasteiger partial charge in [0.15, 0.2) is 0 Å². The molecular formula is C22H24N2O5. The second kappa shape index (κ2) is 11.3. The minimum absolute atomic E-state index is 0.0508. The summed E-state index contributed by atoms with van der Waals surface area (Å²) < 4.78 is 10.9. The average molecular weight is 396 g/mol. The summed E-state index contributed by atoms with van der Waals surface area (Å²) in [6, 6.07) is 16.6. The Balaban J connectivity index is 2.31. The summed E-state index contributed by atoms with van der Waals surface area (Å²) in [6.07, 6.45) is -1.07. The van der Waals surface area contributed by atoms with E-state index < -0.39 is 12.1 Å². The summed E-state index contributed by atoms with van der Waals surface area (Å²) in [7, 11) is 0. The fourth-order valence-corrected chi connectivity index (χ4v) is 2.54. The van der Waals surface area contributed by atoms with Crippen molar-refractivity contribution in [1.82, 2.24) is 0 Å². The minimum Gasteiger partial charge on any atom is -0.494 e. The first-order chi connectivity index (χ1) is 14.1. The molecule has 0 bridgehead atoms. The molecule has 0 aliphatic carbocycles. The van der Waals surface area contributed by atoms with Crippen LogP contribution in [-0.2, 0) is 9.63 Å². The predicted octanol–water partition coefficient (Wildman–Crippen LogP) is 4.01. The van der Waals surface area contributed by atoms with Crippen molar-refractivity contribution in [2.75, 3.05) is 13.2 Å². The van der Waals surface area contributed by atoms with Crippen molar-refractivity contribution in [3.63, 3.8) is 0 Å². The number of nitrogens with zero attached hydrogens (tertiary/aromatic N) is 2. The van der Waals surface area contributed by atoms with Crippen molar-refractivity contribution >= 4 is 11.7 Å². The van der Waals surface area contributed by atoms with Crippen LogP contribution >= 0.6 is 0 Å². The van der Waals surface area contributed by atoms with Crippen LogP contribution < -0.4 is 9.47 Å². The van der Waals surface area contributed by atoms with Gasteiger partial charge in [0.05, 0.1) is 19.6 Å². The zero-order valence-corrected chi connectivity index (χ0v) is 16.5. The molecule has 1 unspecified atom stereocenters. The molecule has 0 aromatic heterocycles. The third kappa shape index (κ3) is 6.85. The third-order valence-electron chi connectivity index (χ3n) is 3.91. The molecule has 29 heavy (non-hydrogen) atoms. The fourth-order valence-electron chi connectivity index (χ4n) is 2.54. The smallest absolute Gasteiger partial charge is 0.303 e. The first kappa shape index (κ1) is 21.8. The Morgan fingerprint density at radius 1 is 1.00 bits per heavy atom. The number of hydrogen-bond donors (Lipinski definition) is 1. The average Bonchev–Trinajstić information content (AvgIpc) is 2.73. The standard InChI is InChI=1S/C22H24N2O5/c1-3-27-18-9-5-16(6-10-18)22(17-7-11-19(12-8-17)28-4-2)24-29-20(15-23)13-14-21(25)26/h5-12,20H,3-4,13-14H2,1-2H3,(H,25,26). The molecule has 2 rings (SSSR count). The highest BCUT2D eigenvalue weighted by molar-refractivity contribution is 6.12. The van der Waals surface area contributed by atoms with Crippen LogP contribution in [-0.4, -0.2) is 36.1 Å². The Hall–Kier alpha value is -3.53. The second-order valence-electron chi connectivity index (χ2n) is 6.01. The van der Waals surface area contributed by atoms with Crippen molar-refractivity contribution in [3.8, 4) is 17.6 Å². The molecule has 0 heterocycles. The van der Waals surface area contributed by atoms with E-state index in [1.165, 1.54) is 0 Å². The van der Waals surface area contributed by atoms with Crippen LogP contribution in [0.5, 0.6) is 11.5 Å². The molecule has 152 valence electrons. The van der Waals surface area contributed by atoms with E-state index in [0.717, 1.165) is 22.6 Å². The van der Waals surface area contributed by atoms with Crippen molar-refractivity contribution in [2.24, 2.45) is 5.16 Å². The van der Waals surface area contributed by atoms with Crippen LogP contribution in [0.15, 0.2) is 53.7 Å². The molecule has 1 atom stereocenters. The van der Waals surface area contributed by atoms with Gasteiger partial charge >= 0.3 is 5.97 Å². The van der Waals surface area contributed by atoms with Gasteiger partial charge < -0.3 is 19.4 Å². The van der Waals surface area contributed by atoms with Gasteiger partial charge in [-0.25, -0.2) is 0 Å².